The van der Waals surface area contributed by atoms with Crippen LogP contribution in [0.4, 0.5) is 0 Å². The molecule has 0 aliphatic carbocycles. The second kappa shape index (κ2) is 8.36. The molecule has 126 valence electrons. The van der Waals surface area contributed by atoms with Crippen molar-refractivity contribution < 1.29 is 14.3 Å². The summed E-state index contributed by atoms with van der Waals surface area (Å²) in [6.07, 6.45) is 0.835. The zero-order chi connectivity index (χ0) is 17.5. The number of halogens is 1. The van der Waals surface area contributed by atoms with Gasteiger partial charge in [-0.25, -0.2) is 4.79 Å². The minimum atomic E-state index is -0.418. The van der Waals surface area contributed by atoms with Gasteiger partial charge in [0.25, 0.3) is 0 Å². The van der Waals surface area contributed by atoms with Crippen molar-refractivity contribution in [2.24, 2.45) is 0 Å². The molecule has 0 heterocycles. The van der Waals surface area contributed by atoms with Crippen LogP contribution in [0.15, 0.2) is 78.9 Å². The molecule has 3 nitrogen and oxygen atoms in total. The highest BCUT2D eigenvalue weighted by Crippen LogP contribution is 2.18. The predicted molar refractivity (Wildman–Crippen MR) is 98.5 cm³/mol. The highest BCUT2D eigenvalue weighted by atomic mass is 35.5. The zero-order valence-corrected chi connectivity index (χ0v) is 14.3. The minimum Gasteiger partial charge on any atom is -0.493 e. The topological polar surface area (TPSA) is 35.5 Å². The van der Waals surface area contributed by atoms with Crippen molar-refractivity contribution in [3.63, 3.8) is 0 Å². The first-order valence-corrected chi connectivity index (χ1v) is 8.33. The van der Waals surface area contributed by atoms with Crippen LogP contribution in [0.2, 0.25) is 5.02 Å². The van der Waals surface area contributed by atoms with Crippen molar-refractivity contribution in [2.45, 2.75) is 6.42 Å². The van der Waals surface area contributed by atoms with E-state index in [4.69, 9.17) is 21.1 Å². The Bertz CT molecular complexity index is 812. The average molecular weight is 353 g/mol. The Morgan fingerprint density at radius 1 is 0.800 bits per heavy atom. The van der Waals surface area contributed by atoms with Gasteiger partial charge in [-0.05, 0) is 54.1 Å². The Morgan fingerprint density at radius 2 is 1.44 bits per heavy atom. The van der Waals surface area contributed by atoms with Crippen molar-refractivity contribution in [3.8, 4) is 11.5 Å². The summed E-state index contributed by atoms with van der Waals surface area (Å²) in [4.78, 5) is 12.1. The van der Waals surface area contributed by atoms with E-state index in [1.54, 1.807) is 48.5 Å². The molecular formula is C21H17ClO3. The third-order valence-electron chi connectivity index (χ3n) is 3.62. The molecule has 3 rings (SSSR count). The van der Waals surface area contributed by atoms with Crippen molar-refractivity contribution in [1.29, 1.82) is 0 Å². The molecule has 3 aromatic rings. The second-order valence-electron chi connectivity index (χ2n) is 5.45. The monoisotopic (exact) mass is 352 g/mol. The van der Waals surface area contributed by atoms with E-state index in [0.717, 1.165) is 12.2 Å². The molecule has 0 saturated heterocycles. The molecule has 0 amide bonds. The summed E-state index contributed by atoms with van der Waals surface area (Å²) in [6.45, 7) is 0.582. The zero-order valence-electron chi connectivity index (χ0n) is 13.5. The molecule has 0 fully saturated rings. The molecule has 0 aliphatic heterocycles. The fourth-order valence-electron chi connectivity index (χ4n) is 2.29. The number of ether oxygens (including phenoxy) is 2. The van der Waals surface area contributed by atoms with Crippen LogP contribution in [0.5, 0.6) is 11.5 Å². The normalized spacial score (nSPS) is 10.3. The molecular weight excluding hydrogens is 336 g/mol. The highest BCUT2D eigenvalue weighted by Gasteiger charge is 2.08. The lowest BCUT2D eigenvalue weighted by molar-refractivity contribution is 0.0734. The summed E-state index contributed by atoms with van der Waals surface area (Å²) >= 11 is 5.81. The van der Waals surface area contributed by atoms with Crippen molar-refractivity contribution in [2.75, 3.05) is 6.61 Å². The third-order valence-corrected chi connectivity index (χ3v) is 3.87. The first kappa shape index (κ1) is 17.1. The third kappa shape index (κ3) is 5.10. The van der Waals surface area contributed by atoms with Crippen LogP contribution in [-0.2, 0) is 6.42 Å². The van der Waals surface area contributed by atoms with E-state index < -0.39 is 5.97 Å². The first-order chi connectivity index (χ1) is 12.2. The Kier molecular flexibility index (Phi) is 5.70. The van der Waals surface area contributed by atoms with Crippen LogP contribution in [0, 0.1) is 0 Å². The van der Waals surface area contributed by atoms with E-state index in [1.165, 1.54) is 5.56 Å². The van der Waals surface area contributed by atoms with E-state index in [0.29, 0.717) is 22.9 Å². The number of hydrogen-bond acceptors (Lipinski definition) is 3. The Morgan fingerprint density at radius 3 is 2.12 bits per heavy atom. The Labute approximate surface area is 151 Å². The van der Waals surface area contributed by atoms with Gasteiger partial charge in [0, 0.05) is 11.4 Å². The van der Waals surface area contributed by atoms with Crippen molar-refractivity contribution >= 4 is 17.6 Å². The number of carbonyl (C=O) groups excluding carboxylic acids is 1. The minimum absolute atomic E-state index is 0.418. The highest BCUT2D eigenvalue weighted by molar-refractivity contribution is 6.30. The van der Waals surface area contributed by atoms with E-state index in [-0.39, 0.29) is 0 Å². The molecule has 0 spiro atoms. The van der Waals surface area contributed by atoms with Crippen LogP contribution in [0.3, 0.4) is 0 Å². The van der Waals surface area contributed by atoms with E-state index in [9.17, 15) is 4.79 Å². The van der Waals surface area contributed by atoms with Gasteiger partial charge in [0.05, 0.1) is 12.2 Å². The quantitative estimate of drug-likeness (QED) is 0.453. The molecule has 0 bridgehead atoms. The van der Waals surface area contributed by atoms with Crippen molar-refractivity contribution in [3.05, 3.63) is 95.0 Å². The predicted octanol–water partition coefficient (Wildman–Crippen LogP) is 5.18. The molecule has 4 heteroatoms. The summed E-state index contributed by atoms with van der Waals surface area (Å²) in [5, 5.41) is 0.594. The maximum absolute atomic E-state index is 12.1. The van der Waals surface area contributed by atoms with Crippen LogP contribution in [0.1, 0.15) is 15.9 Å². The first-order valence-electron chi connectivity index (χ1n) is 7.95. The largest absolute Gasteiger partial charge is 0.493 e. The summed E-state index contributed by atoms with van der Waals surface area (Å²) in [5.41, 5.74) is 1.69. The molecule has 0 N–H and O–H groups in total. The summed E-state index contributed by atoms with van der Waals surface area (Å²) in [7, 11) is 0. The Balaban J connectivity index is 1.52. The van der Waals surface area contributed by atoms with Crippen LogP contribution < -0.4 is 9.47 Å². The second-order valence-corrected chi connectivity index (χ2v) is 5.89. The van der Waals surface area contributed by atoms with Gasteiger partial charge in [0.15, 0.2) is 0 Å². The maximum Gasteiger partial charge on any atom is 0.343 e. The van der Waals surface area contributed by atoms with Gasteiger partial charge in [-0.2, -0.15) is 0 Å². The average Bonchev–Trinajstić information content (AvgIpc) is 2.65. The lowest BCUT2D eigenvalue weighted by atomic mass is 10.2. The molecule has 0 aromatic heterocycles. The molecule has 0 atom stereocenters. The standard InChI is InChI=1S/C21H17ClO3/c22-18-8-12-20(13-9-18)25-21(23)17-6-10-19(11-7-17)24-15-14-16-4-2-1-3-5-16/h1-13H,14-15H2. The molecule has 25 heavy (non-hydrogen) atoms. The number of esters is 1. The summed E-state index contributed by atoms with van der Waals surface area (Å²) in [6, 6.07) is 23.7. The number of hydrogen-bond donors (Lipinski definition) is 0. The number of carbonyl (C=O) groups is 1. The summed E-state index contributed by atoms with van der Waals surface area (Å²) in [5.74, 6) is 0.759. The molecule has 3 aromatic carbocycles. The van der Waals surface area contributed by atoms with Crippen LogP contribution in [-0.4, -0.2) is 12.6 Å². The van der Waals surface area contributed by atoms with E-state index >= 15 is 0 Å². The van der Waals surface area contributed by atoms with Crippen LogP contribution in [0.25, 0.3) is 0 Å². The number of benzene rings is 3. The SMILES string of the molecule is O=C(Oc1ccc(Cl)cc1)c1ccc(OCCc2ccccc2)cc1. The number of rotatable bonds is 6. The fourth-order valence-corrected chi connectivity index (χ4v) is 2.41. The van der Waals surface area contributed by atoms with Gasteiger partial charge in [0.1, 0.15) is 11.5 Å². The smallest absolute Gasteiger partial charge is 0.343 e. The van der Waals surface area contributed by atoms with Gasteiger partial charge in [0.2, 0.25) is 0 Å². The molecule has 0 saturated carbocycles. The van der Waals surface area contributed by atoms with Gasteiger partial charge >= 0.3 is 5.97 Å². The van der Waals surface area contributed by atoms with E-state index in [2.05, 4.69) is 12.1 Å². The van der Waals surface area contributed by atoms with Crippen LogP contribution >= 0.6 is 11.6 Å². The molecule has 0 aliphatic rings. The Hall–Kier alpha value is -2.78. The fraction of sp³-hybridized carbons (Fsp3) is 0.0952. The van der Waals surface area contributed by atoms with Gasteiger partial charge < -0.3 is 9.47 Å². The van der Waals surface area contributed by atoms with Crippen molar-refractivity contribution in [1.82, 2.24) is 0 Å². The lowest BCUT2D eigenvalue weighted by Crippen LogP contribution is -2.08. The van der Waals surface area contributed by atoms with Gasteiger partial charge in [-0.1, -0.05) is 41.9 Å². The summed E-state index contributed by atoms with van der Waals surface area (Å²) < 4.78 is 11.0. The van der Waals surface area contributed by atoms with Gasteiger partial charge in [-0.15, -0.1) is 0 Å². The molecule has 0 unspecified atom stereocenters. The lowest BCUT2D eigenvalue weighted by Gasteiger charge is -2.08. The van der Waals surface area contributed by atoms with E-state index in [1.807, 2.05) is 18.2 Å². The maximum atomic E-state index is 12.1. The van der Waals surface area contributed by atoms with Gasteiger partial charge in [-0.3, -0.25) is 0 Å². The molecule has 0 radical (unpaired) electrons.